The van der Waals surface area contributed by atoms with Crippen molar-refractivity contribution in [2.24, 2.45) is 5.92 Å². The molecule has 1 saturated heterocycles. The maximum absolute atomic E-state index is 12.9. The van der Waals surface area contributed by atoms with Crippen molar-refractivity contribution in [1.29, 1.82) is 0 Å². The third kappa shape index (κ3) is 5.35. The Morgan fingerprint density at radius 2 is 1.95 bits per heavy atom. The van der Waals surface area contributed by atoms with E-state index in [0.29, 0.717) is 34.8 Å². The molecule has 0 bridgehead atoms. The number of nitrogens with zero attached hydrogens (tertiary/aromatic N) is 4. The number of fused-ring (bicyclic) bond motifs is 1. The predicted molar refractivity (Wildman–Crippen MR) is 151 cm³/mol. The van der Waals surface area contributed by atoms with E-state index >= 15 is 0 Å². The van der Waals surface area contributed by atoms with Crippen LogP contribution in [0.3, 0.4) is 0 Å². The van der Waals surface area contributed by atoms with Crippen LogP contribution in [0.25, 0.3) is 21.7 Å². The molecule has 1 aliphatic carbocycles. The highest BCUT2D eigenvalue weighted by molar-refractivity contribution is 7.90. The fourth-order valence-electron chi connectivity index (χ4n) is 5.11. The van der Waals surface area contributed by atoms with Gasteiger partial charge in [0.15, 0.2) is 15.5 Å². The van der Waals surface area contributed by atoms with E-state index in [0.717, 1.165) is 53.4 Å². The molecule has 6 rings (SSSR count). The summed E-state index contributed by atoms with van der Waals surface area (Å²) in [6.07, 6.45) is 7.83. The van der Waals surface area contributed by atoms with Crippen molar-refractivity contribution in [2.75, 3.05) is 18.2 Å². The first-order valence-corrected chi connectivity index (χ1v) is 15.9. The number of benzene rings is 1. The van der Waals surface area contributed by atoms with Crippen LogP contribution in [-0.2, 0) is 25.8 Å². The quantitative estimate of drug-likeness (QED) is 0.296. The number of hydrogen-bond donors (Lipinski definition) is 1. The van der Waals surface area contributed by atoms with Crippen molar-refractivity contribution in [2.45, 2.75) is 63.5 Å². The largest absolute Gasteiger partial charge is 0.358 e. The molecule has 1 aliphatic heterocycles. The van der Waals surface area contributed by atoms with Crippen molar-refractivity contribution >= 4 is 49.5 Å². The second-order valence-corrected chi connectivity index (χ2v) is 13.7. The molecule has 2 fully saturated rings. The van der Waals surface area contributed by atoms with Crippen molar-refractivity contribution in [3.05, 3.63) is 46.9 Å². The molecule has 1 aromatic carbocycles. The Hall–Kier alpha value is -3.15. The number of hydrogen-bond acceptors (Lipinski definition) is 9. The van der Waals surface area contributed by atoms with Gasteiger partial charge in [0.2, 0.25) is 0 Å². The topological polar surface area (TPSA) is 116 Å². The van der Waals surface area contributed by atoms with Crippen LogP contribution in [-0.4, -0.2) is 46.6 Å². The Kier molecular flexibility index (Phi) is 6.76. The van der Waals surface area contributed by atoms with Crippen molar-refractivity contribution < 1.29 is 17.9 Å². The Balaban J connectivity index is 1.46. The normalized spacial score (nSPS) is 18.0. The minimum atomic E-state index is -3.58. The number of carbonyl (C=O) groups excluding carboxylic acids is 1. The second kappa shape index (κ2) is 10.1. The zero-order valence-corrected chi connectivity index (χ0v) is 23.9. The first-order valence-electron chi connectivity index (χ1n) is 13.2. The highest BCUT2D eigenvalue weighted by Crippen LogP contribution is 2.37. The van der Waals surface area contributed by atoms with Crippen LogP contribution in [0.1, 0.15) is 54.7 Å². The molecule has 9 nitrogen and oxygen atoms in total. The second-order valence-electron chi connectivity index (χ2n) is 10.5. The summed E-state index contributed by atoms with van der Waals surface area (Å²) in [7, 11) is -3.58. The van der Waals surface area contributed by atoms with E-state index in [1.54, 1.807) is 18.3 Å². The molecule has 3 aromatic heterocycles. The van der Waals surface area contributed by atoms with Crippen molar-refractivity contribution in [3.63, 3.8) is 0 Å². The summed E-state index contributed by atoms with van der Waals surface area (Å²) in [4.78, 5) is 28.1. The van der Waals surface area contributed by atoms with Crippen LogP contribution in [0, 0.1) is 19.8 Å². The van der Waals surface area contributed by atoms with Crippen molar-refractivity contribution in [3.8, 4) is 10.6 Å². The minimum absolute atomic E-state index is 0.117. The summed E-state index contributed by atoms with van der Waals surface area (Å²) in [6, 6.07) is 7.11. The lowest BCUT2D eigenvalue weighted by atomic mass is 10.1. The molecule has 4 heterocycles. The molecular formula is C28H31N5O4S2. The molecule has 0 radical (unpaired) electrons. The van der Waals surface area contributed by atoms with E-state index in [1.807, 2.05) is 30.5 Å². The molecular weight excluding hydrogens is 534 g/mol. The van der Waals surface area contributed by atoms with Gasteiger partial charge in [-0.2, -0.15) is 0 Å². The van der Waals surface area contributed by atoms with E-state index in [1.165, 1.54) is 17.6 Å². The smallest absolute Gasteiger partial charge is 0.177 e. The third-order valence-corrected chi connectivity index (χ3v) is 9.33. The van der Waals surface area contributed by atoms with Crippen LogP contribution in [0.4, 0.5) is 11.4 Å². The molecule has 204 valence electrons. The van der Waals surface area contributed by atoms with Gasteiger partial charge in [-0.05, 0) is 70.2 Å². The number of pyridine rings is 1. The summed E-state index contributed by atoms with van der Waals surface area (Å²) < 4.78 is 33.9. The standard InChI is InChI=1S/C28H31N5O4S2/c1-16-15-29-28(38-16)19-9-10-21(24(12-19)39(3,35)36)32-22-13-20(14-23(34)18-7-8-18)31-27-26(22)30-17(2)33(27)25-6-4-5-11-37-25/h9-10,12-13,15,18,25H,4-8,11,14H2,1-3H3,(H,31,32). The number of nitrogens with one attached hydrogen (secondary N) is 1. The van der Waals surface area contributed by atoms with Gasteiger partial charge in [0.25, 0.3) is 0 Å². The Labute approximate surface area is 231 Å². The summed E-state index contributed by atoms with van der Waals surface area (Å²) in [5.41, 5.74) is 3.67. The first kappa shape index (κ1) is 26.1. The number of sulfone groups is 1. The maximum atomic E-state index is 12.9. The number of ketones is 1. The zero-order valence-electron chi connectivity index (χ0n) is 22.2. The maximum Gasteiger partial charge on any atom is 0.177 e. The van der Waals surface area contributed by atoms with Gasteiger partial charge in [0, 0.05) is 41.8 Å². The average molecular weight is 566 g/mol. The lowest BCUT2D eigenvalue weighted by molar-refractivity contribution is -0.119. The molecule has 39 heavy (non-hydrogen) atoms. The zero-order chi connectivity index (χ0) is 27.3. The summed E-state index contributed by atoms with van der Waals surface area (Å²) in [6.45, 7) is 4.57. The molecule has 1 saturated carbocycles. The monoisotopic (exact) mass is 565 g/mol. The van der Waals surface area contributed by atoms with Gasteiger partial charge in [-0.25, -0.2) is 23.4 Å². The fourth-order valence-corrected chi connectivity index (χ4v) is 6.73. The van der Waals surface area contributed by atoms with E-state index in [4.69, 9.17) is 14.7 Å². The van der Waals surface area contributed by atoms with Crippen LogP contribution in [0.5, 0.6) is 0 Å². The molecule has 2 aliphatic rings. The highest BCUT2D eigenvalue weighted by Gasteiger charge is 2.30. The molecule has 0 amide bonds. The molecule has 11 heteroatoms. The lowest BCUT2D eigenvalue weighted by Gasteiger charge is -2.25. The molecule has 1 atom stereocenters. The van der Waals surface area contributed by atoms with Crippen LogP contribution < -0.4 is 5.32 Å². The summed E-state index contributed by atoms with van der Waals surface area (Å²) >= 11 is 1.51. The summed E-state index contributed by atoms with van der Waals surface area (Å²) in [5.74, 6) is 1.06. The number of anilines is 2. The van der Waals surface area contributed by atoms with Gasteiger partial charge in [-0.1, -0.05) is 0 Å². The Bertz CT molecular complexity index is 1680. The van der Waals surface area contributed by atoms with Gasteiger partial charge < -0.3 is 10.1 Å². The van der Waals surface area contributed by atoms with Crippen LogP contribution in [0.15, 0.2) is 35.4 Å². The average Bonchev–Trinajstić information content (AvgIpc) is 3.58. The fraction of sp³-hybridized carbons (Fsp3) is 0.429. The molecule has 1 N–H and O–H groups in total. The number of rotatable bonds is 8. The number of carbonyl (C=O) groups is 1. The number of aromatic nitrogens is 4. The molecule has 0 spiro atoms. The number of thiazole rings is 1. The summed E-state index contributed by atoms with van der Waals surface area (Å²) in [5, 5.41) is 4.11. The van der Waals surface area contributed by atoms with Gasteiger partial charge in [0.05, 0.1) is 22.0 Å². The molecule has 4 aromatic rings. The van der Waals surface area contributed by atoms with Crippen LogP contribution in [0.2, 0.25) is 0 Å². The number of ether oxygens (including phenoxy) is 1. The van der Waals surface area contributed by atoms with E-state index in [2.05, 4.69) is 10.3 Å². The van der Waals surface area contributed by atoms with Gasteiger partial charge in [-0.3, -0.25) is 9.36 Å². The first-order chi connectivity index (χ1) is 18.7. The lowest BCUT2D eigenvalue weighted by Crippen LogP contribution is -2.19. The SMILES string of the molecule is Cc1cnc(-c2ccc(Nc3cc(CC(=O)C4CC4)nc4c3nc(C)n4C3CCCCO3)c(S(C)(=O)=O)c2)s1. The minimum Gasteiger partial charge on any atom is -0.358 e. The van der Waals surface area contributed by atoms with Gasteiger partial charge in [-0.15, -0.1) is 11.3 Å². The van der Waals surface area contributed by atoms with E-state index in [9.17, 15) is 13.2 Å². The van der Waals surface area contributed by atoms with Gasteiger partial charge >= 0.3 is 0 Å². The van der Waals surface area contributed by atoms with Gasteiger partial charge in [0.1, 0.15) is 28.4 Å². The number of Topliss-reactive ketones (excluding diaryl/α,β-unsaturated/α-hetero) is 1. The van der Waals surface area contributed by atoms with Crippen molar-refractivity contribution in [1.82, 2.24) is 19.5 Å². The third-order valence-electron chi connectivity index (χ3n) is 7.23. The molecule has 1 unspecified atom stereocenters. The Morgan fingerprint density at radius 1 is 1.13 bits per heavy atom. The predicted octanol–water partition coefficient (Wildman–Crippen LogP) is 5.54. The highest BCUT2D eigenvalue weighted by atomic mass is 32.2. The van der Waals surface area contributed by atoms with Crippen LogP contribution >= 0.6 is 11.3 Å². The van der Waals surface area contributed by atoms with E-state index in [-0.39, 0.29) is 29.2 Å². The Morgan fingerprint density at radius 3 is 2.62 bits per heavy atom. The number of aryl methyl sites for hydroxylation is 2. The van der Waals surface area contributed by atoms with E-state index < -0.39 is 9.84 Å². The number of imidazole rings is 1.